The summed E-state index contributed by atoms with van der Waals surface area (Å²) in [7, 11) is 0. The minimum absolute atomic E-state index is 0.0451. The third-order valence-electron chi connectivity index (χ3n) is 2.90. The predicted octanol–water partition coefficient (Wildman–Crippen LogP) is 2.04. The molecule has 1 aromatic carbocycles. The molecule has 1 aliphatic rings. The molecule has 1 amide bonds. The maximum absolute atomic E-state index is 11.7. The molecule has 2 rings (SSSR count). The van der Waals surface area contributed by atoms with Crippen LogP contribution in [0.2, 0.25) is 0 Å². The van der Waals surface area contributed by atoms with Crippen molar-refractivity contribution in [3.05, 3.63) is 39.4 Å². The van der Waals surface area contributed by atoms with Gasteiger partial charge in [-0.3, -0.25) is 14.9 Å². The third-order valence-corrected chi connectivity index (χ3v) is 2.90. The van der Waals surface area contributed by atoms with E-state index in [9.17, 15) is 14.9 Å². The Morgan fingerprint density at radius 2 is 2.24 bits per heavy atom. The molecule has 0 spiro atoms. The van der Waals surface area contributed by atoms with Crippen molar-refractivity contribution in [2.24, 2.45) is 5.92 Å². The monoisotopic (exact) mass is 234 g/mol. The van der Waals surface area contributed by atoms with E-state index >= 15 is 0 Å². The molecule has 1 aliphatic carbocycles. The maximum atomic E-state index is 11.7. The average Bonchev–Trinajstić information content (AvgIpc) is 3.09. The van der Waals surface area contributed by atoms with Crippen molar-refractivity contribution < 1.29 is 9.72 Å². The van der Waals surface area contributed by atoms with Gasteiger partial charge >= 0.3 is 0 Å². The molecule has 0 unspecified atom stereocenters. The molecule has 0 bridgehead atoms. The molecule has 0 saturated heterocycles. The first-order valence-electron chi connectivity index (χ1n) is 5.61. The van der Waals surface area contributed by atoms with Crippen LogP contribution in [0, 0.1) is 23.0 Å². The minimum Gasteiger partial charge on any atom is -0.352 e. The summed E-state index contributed by atoms with van der Waals surface area (Å²) in [6.07, 6.45) is 2.36. The van der Waals surface area contributed by atoms with E-state index < -0.39 is 4.92 Å². The highest BCUT2D eigenvalue weighted by atomic mass is 16.6. The summed E-state index contributed by atoms with van der Waals surface area (Å²) in [6, 6.07) is 4.43. The van der Waals surface area contributed by atoms with Gasteiger partial charge in [-0.25, -0.2) is 0 Å². The second kappa shape index (κ2) is 4.53. The van der Waals surface area contributed by atoms with Gasteiger partial charge in [0.05, 0.1) is 4.92 Å². The topological polar surface area (TPSA) is 72.2 Å². The molecular weight excluding hydrogens is 220 g/mol. The maximum Gasteiger partial charge on any atom is 0.272 e. The molecule has 1 aromatic rings. The summed E-state index contributed by atoms with van der Waals surface area (Å²) in [5, 5.41) is 13.5. The second-order valence-corrected chi connectivity index (χ2v) is 4.41. The van der Waals surface area contributed by atoms with E-state index in [-0.39, 0.29) is 11.6 Å². The molecule has 1 fully saturated rings. The van der Waals surface area contributed by atoms with Crippen molar-refractivity contribution in [1.29, 1.82) is 0 Å². The molecule has 1 saturated carbocycles. The zero-order chi connectivity index (χ0) is 12.4. The van der Waals surface area contributed by atoms with Crippen molar-refractivity contribution >= 4 is 11.6 Å². The number of nitro groups is 1. The predicted molar refractivity (Wildman–Crippen MR) is 62.9 cm³/mol. The summed E-state index contributed by atoms with van der Waals surface area (Å²) < 4.78 is 0. The Hall–Kier alpha value is -1.91. The van der Waals surface area contributed by atoms with Gasteiger partial charge < -0.3 is 5.32 Å². The lowest BCUT2D eigenvalue weighted by Gasteiger charge is -2.05. The van der Waals surface area contributed by atoms with Crippen LogP contribution in [0.4, 0.5) is 5.69 Å². The Bertz CT molecular complexity index is 467. The fourth-order valence-corrected chi connectivity index (χ4v) is 1.66. The lowest BCUT2D eigenvalue weighted by Crippen LogP contribution is -2.25. The summed E-state index contributed by atoms with van der Waals surface area (Å²) in [5.74, 6) is 0.466. The normalized spacial score (nSPS) is 14.4. The molecule has 17 heavy (non-hydrogen) atoms. The highest BCUT2D eigenvalue weighted by Crippen LogP contribution is 2.27. The molecule has 5 heteroatoms. The number of nitrogens with zero attached hydrogens (tertiary/aromatic N) is 1. The van der Waals surface area contributed by atoms with Gasteiger partial charge in [0.1, 0.15) is 0 Å². The Morgan fingerprint density at radius 3 is 2.76 bits per heavy atom. The van der Waals surface area contributed by atoms with Gasteiger partial charge in [0.25, 0.3) is 11.6 Å². The number of benzene rings is 1. The van der Waals surface area contributed by atoms with E-state index in [2.05, 4.69) is 5.32 Å². The van der Waals surface area contributed by atoms with Gasteiger partial charge in [0, 0.05) is 23.7 Å². The molecule has 0 heterocycles. The summed E-state index contributed by atoms with van der Waals surface area (Å²) >= 11 is 0. The van der Waals surface area contributed by atoms with Crippen LogP contribution < -0.4 is 5.32 Å². The number of hydrogen-bond acceptors (Lipinski definition) is 3. The van der Waals surface area contributed by atoms with Gasteiger partial charge in [-0.1, -0.05) is 0 Å². The van der Waals surface area contributed by atoms with Crippen molar-refractivity contribution in [2.45, 2.75) is 19.8 Å². The van der Waals surface area contributed by atoms with Gasteiger partial charge in [-0.15, -0.1) is 0 Å². The van der Waals surface area contributed by atoms with Crippen LogP contribution in [0.25, 0.3) is 0 Å². The van der Waals surface area contributed by atoms with Crippen LogP contribution in [0.3, 0.4) is 0 Å². The Kier molecular flexibility index (Phi) is 3.08. The van der Waals surface area contributed by atoms with E-state index in [1.165, 1.54) is 25.0 Å². The van der Waals surface area contributed by atoms with E-state index in [0.29, 0.717) is 23.6 Å². The van der Waals surface area contributed by atoms with Crippen LogP contribution >= 0.6 is 0 Å². The standard InChI is InChI=1S/C12H14N2O3/c1-8-6-10(4-5-11(8)14(16)17)12(15)13-7-9-2-3-9/h4-6,9H,2-3,7H2,1H3,(H,13,15). The fraction of sp³-hybridized carbons (Fsp3) is 0.417. The van der Waals surface area contributed by atoms with Crippen LogP contribution in [-0.2, 0) is 0 Å². The summed E-state index contributed by atoms with van der Waals surface area (Å²) in [5.41, 5.74) is 1.03. The van der Waals surface area contributed by atoms with Crippen molar-refractivity contribution in [2.75, 3.05) is 6.54 Å². The van der Waals surface area contributed by atoms with Crippen LogP contribution in [0.5, 0.6) is 0 Å². The van der Waals surface area contributed by atoms with E-state index in [1.54, 1.807) is 13.0 Å². The molecule has 0 atom stereocenters. The number of rotatable bonds is 4. The summed E-state index contributed by atoms with van der Waals surface area (Å²) in [6.45, 7) is 2.34. The Balaban J connectivity index is 2.07. The first kappa shape index (κ1) is 11.6. The number of amides is 1. The second-order valence-electron chi connectivity index (χ2n) is 4.41. The smallest absolute Gasteiger partial charge is 0.272 e. The number of nitro benzene ring substituents is 1. The molecule has 5 nitrogen and oxygen atoms in total. The number of hydrogen-bond donors (Lipinski definition) is 1. The minimum atomic E-state index is -0.443. The highest BCUT2D eigenvalue weighted by Gasteiger charge is 2.22. The van der Waals surface area contributed by atoms with E-state index in [1.807, 2.05) is 0 Å². The zero-order valence-corrected chi connectivity index (χ0v) is 9.60. The molecule has 0 aliphatic heterocycles. The third kappa shape index (κ3) is 2.81. The number of carbonyl (C=O) groups excluding carboxylic acids is 1. The molecular formula is C12H14N2O3. The van der Waals surface area contributed by atoms with Crippen LogP contribution in [-0.4, -0.2) is 17.4 Å². The largest absolute Gasteiger partial charge is 0.352 e. The fourth-order valence-electron chi connectivity index (χ4n) is 1.66. The number of aryl methyl sites for hydroxylation is 1. The average molecular weight is 234 g/mol. The Labute approximate surface area is 99.0 Å². The Morgan fingerprint density at radius 1 is 1.53 bits per heavy atom. The van der Waals surface area contributed by atoms with Gasteiger partial charge in [0.15, 0.2) is 0 Å². The SMILES string of the molecule is Cc1cc(C(=O)NCC2CC2)ccc1[N+](=O)[O-]. The lowest BCUT2D eigenvalue weighted by molar-refractivity contribution is -0.385. The summed E-state index contributed by atoms with van der Waals surface area (Å²) in [4.78, 5) is 21.9. The first-order valence-corrected chi connectivity index (χ1v) is 5.61. The molecule has 1 N–H and O–H groups in total. The van der Waals surface area contributed by atoms with Crippen molar-refractivity contribution in [1.82, 2.24) is 5.32 Å². The van der Waals surface area contributed by atoms with E-state index in [0.717, 1.165) is 0 Å². The number of carbonyl (C=O) groups is 1. The molecule has 0 radical (unpaired) electrons. The zero-order valence-electron chi connectivity index (χ0n) is 9.60. The quantitative estimate of drug-likeness (QED) is 0.640. The molecule has 90 valence electrons. The molecule has 0 aromatic heterocycles. The van der Waals surface area contributed by atoms with Gasteiger partial charge in [-0.2, -0.15) is 0 Å². The lowest BCUT2D eigenvalue weighted by atomic mass is 10.1. The van der Waals surface area contributed by atoms with Crippen LogP contribution in [0.15, 0.2) is 18.2 Å². The number of nitrogens with one attached hydrogen (secondary N) is 1. The van der Waals surface area contributed by atoms with Crippen molar-refractivity contribution in [3.63, 3.8) is 0 Å². The van der Waals surface area contributed by atoms with Crippen molar-refractivity contribution in [3.8, 4) is 0 Å². The first-order chi connectivity index (χ1) is 8.08. The van der Waals surface area contributed by atoms with Gasteiger partial charge in [0.2, 0.25) is 0 Å². The van der Waals surface area contributed by atoms with Gasteiger partial charge in [-0.05, 0) is 37.8 Å². The van der Waals surface area contributed by atoms with Crippen LogP contribution in [0.1, 0.15) is 28.8 Å². The van der Waals surface area contributed by atoms with E-state index in [4.69, 9.17) is 0 Å². The highest BCUT2D eigenvalue weighted by molar-refractivity contribution is 5.94.